The highest BCUT2D eigenvalue weighted by molar-refractivity contribution is 7.98. The van der Waals surface area contributed by atoms with E-state index in [9.17, 15) is 29.1 Å². The number of carbonyl (C=O) groups excluding carboxylic acids is 4. The number of hydrogen-bond donors (Lipinski definition) is 6. The number of thioether (sulfide) groups is 1. The summed E-state index contributed by atoms with van der Waals surface area (Å²) in [5.41, 5.74) is 10.7. The second kappa shape index (κ2) is 13.8. The fourth-order valence-electron chi connectivity index (χ4n) is 2.40. The second-order valence-corrected chi connectivity index (χ2v) is 8.25. The van der Waals surface area contributed by atoms with Crippen molar-refractivity contribution in [2.24, 2.45) is 17.4 Å². The van der Waals surface area contributed by atoms with Crippen LogP contribution in [0.2, 0.25) is 0 Å². The molecule has 0 bridgehead atoms. The zero-order chi connectivity index (χ0) is 23.4. The first-order valence-corrected chi connectivity index (χ1v) is 11.0. The van der Waals surface area contributed by atoms with Crippen molar-refractivity contribution in [3.63, 3.8) is 0 Å². The average Bonchev–Trinajstić information content (AvgIpc) is 2.64. The fraction of sp³-hybridized carbons (Fsp3) is 0.722. The molecule has 30 heavy (non-hydrogen) atoms. The van der Waals surface area contributed by atoms with E-state index in [2.05, 4.69) is 16.0 Å². The Morgan fingerprint density at radius 2 is 1.40 bits per heavy atom. The van der Waals surface area contributed by atoms with E-state index < -0.39 is 59.7 Å². The molecule has 8 N–H and O–H groups in total. The highest BCUT2D eigenvalue weighted by atomic mass is 32.2. The molecule has 0 aromatic rings. The summed E-state index contributed by atoms with van der Waals surface area (Å²) >= 11 is 1.47. The van der Waals surface area contributed by atoms with Gasteiger partial charge in [-0.3, -0.25) is 19.2 Å². The average molecular weight is 448 g/mol. The van der Waals surface area contributed by atoms with Crippen LogP contribution < -0.4 is 27.4 Å². The lowest BCUT2D eigenvalue weighted by molar-refractivity contribution is -0.143. The quantitative estimate of drug-likeness (QED) is 0.186. The first-order chi connectivity index (χ1) is 13.9. The second-order valence-electron chi connectivity index (χ2n) is 7.27. The molecule has 4 atom stereocenters. The minimum atomic E-state index is -1.22. The van der Waals surface area contributed by atoms with Gasteiger partial charge in [0, 0.05) is 6.42 Å². The zero-order valence-corrected chi connectivity index (χ0v) is 18.6. The Labute approximate surface area is 180 Å². The zero-order valence-electron chi connectivity index (χ0n) is 17.8. The van der Waals surface area contributed by atoms with Crippen LogP contribution in [0.25, 0.3) is 0 Å². The van der Waals surface area contributed by atoms with Crippen LogP contribution >= 0.6 is 11.8 Å². The maximum absolute atomic E-state index is 12.7. The topological polar surface area (TPSA) is 194 Å². The van der Waals surface area contributed by atoms with Gasteiger partial charge in [-0.2, -0.15) is 11.8 Å². The number of hydrogen-bond acceptors (Lipinski definition) is 7. The van der Waals surface area contributed by atoms with Gasteiger partial charge in [-0.25, -0.2) is 4.79 Å². The summed E-state index contributed by atoms with van der Waals surface area (Å²) in [4.78, 5) is 59.8. The number of carboxylic acids is 1. The molecule has 0 heterocycles. The number of nitrogens with two attached hydrogens (primary N) is 2. The van der Waals surface area contributed by atoms with Gasteiger partial charge in [-0.1, -0.05) is 13.8 Å². The predicted molar refractivity (Wildman–Crippen MR) is 113 cm³/mol. The molecule has 0 saturated heterocycles. The van der Waals surface area contributed by atoms with Gasteiger partial charge in [-0.15, -0.1) is 0 Å². The maximum atomic E-state index is 12.7. The van der Waals surface area contributed by atoms with E-state index in [1.54, 1.807) is 13.8 Å². The van der Waals surface area contributed by atoms with Gasteiger partial charge in [0.1, 0.15) is 18.1 Å². The molecule has 0 saturated carbocycles. The molecule has 0 rings (SSSR count). The van der Waals surface area contributed by atoms with E-state index in [0.717, 1.165) is 0 Å². The van der Waals surface area contributed by atoms with Gasteiger partial charge >= 0.3 is 5.97 Å². The summed E-state index contributed by atoms with van der Waals surface area (Å²) in [5.74, 6) is -3.67. The SMILES string of the molecule is CSCCC(NC(=O)C(C)N)C(=O)NC(CCC(N)=O)C(=O)NC(C(=O)O)C(C)C. The van der Waals surface area contributed by atoms with Crippen molar-refractivity contribution in [2.45, 2.75) is 64.2 Å². The van der Waals surface area contributed by atoms with Crippen molar-refractivity contribution in [3.8, 4) is 0 Å². The Morgan fingerprint density at radius 1 is 0.900 bits per heavy atom. The number of amides is 4. The van der Waals surface area contributed by atoms with E-state index >= 15 is 0 Å². The summed E-state index contributed by atoms with van der Waals surface area (Å²) in [5, 5.41) is 16.7. The molecule has 0 aliphatic rings. The normalized spacial score (nSPS) is 14.9. The third-order valence-corrected chi connectivity index (χ3v) is 4.84. The van der Waals surface area contributed by atoms with Crippen LogP contribution in [0.3, 0.4) is 0 Å². The number of rotatable bonds is 14. The van der Waals surface area contributed by atoms with E-state index in [0.29, 0.717) is 12.2 Å². The van der Waals surface area contributed by atoms with Crippen molar-refractivity contribution in [1.29, 1.82) is 0 Å². The molecule has 0 aromatic carbocycles. The van der Waals surface area contributed by atoms with Gasteiger partial charge in [0.05, 0.1) is 6.04 Å². The van der Waals surface area contributed by atoms with E-state index in [1.807, 2.05) is 6.26 Å². The third kappa shape index (κ3) is 10.4. The van der Waals surface area contributed by atoms with Crippen LogP contribution in [0, 0.1) is 5.92 Å². The van der Waals surface area contributed by atoms with E-state index in [1.165, 1.54) is 18.7 Å². The van der Waals surface area contributed by atoms with Crippen LogP contribution in [-0.2, 0) is 24.0 Å². The number of primary amides is 1. The van der Waals surface area contributed by atoms with Crippen molar-refractivity contribution in [2.75, 3.05) is 12.0 Å². The Kier molecular flexibility index (Phi) is 12.7. The van der Waals surface area contributed by atoms with Crippen LogP contribution in [0.15, 0.2) is 0 Å². The first-order valence-electron chi connectivity index (χ1n) is 9.57. The largest absolute Gasteiger partial charge is 0.480 e. The molecule has 172 valence electrons. The standard InChI is InChI=1S/C18H33N5O6S/c1-9(2)14(18(28)29)23-17(27)11(5-6-13(20)24)22-16(26)12(7-8-30-4)21-15(25)10(3)19/h9-12,14H,5-8,19H2,1-4H3,(H2,20,24)(H,21,25)(H,22,26)(H,23,27)(H,28,29). The molecule has 0 spiro atoms. The molecule has 0 fully saturated rings. The van der Waals surface area contributed by atoms with Crippen LogP contribution in [0.5, 0.6) is 0 Å². The molecule has 0 aromatic heterocycles. The minimum Gasteiger partial charge on any atom is -0.480 e. The fourth-order valence-corrected chi connectivity index (χ4v) is 2.87. The number of carbonyl (C=O) groups is 5. The van der Waals surface area contributed by atoms with Crippen molar-refractivity contribution < 1.29 is 29.1 Å². The molecule has 0 radical (unpaired) electrons. The Morgan fingerprint density at radius 3 is 1.83 bits per heavy atom. The lowest BCUT2D eigenvalue weighted by Crippen LogP contribution is -2.57. The minimum absolute atomic E-state index is 0.117. The van der Waals surface area contributed by atoms with E-state index in [4.69, 9.17) is 11.5 Å². The number of nitrogens with one attached hydrogen (secondary N) is 3. The molecular formula is C18H33N5O6S. The molecule has 4 amide bonds. The highest BCUT2D eigenvalue weighted by Crippen LogP contribution is 2.07. The monoisotopic (exact) mass is 447 g/mol. The Hall–Kier alpha value is -2.34. The van der Waals surface area contributed by atoms with Gasteiger partial charge in [0.15, 0.2) is 0 Å². The molecule has 0 aliphatic heterocycles. The summed E-state index contributed by atoms with van der Waals surface area (Å²) in [7, 11) is 0. The maximum Gasteiger partial charge on any atom is 0.326 e. The molecule has 0 aliphatic carbocycles. The number of carboxylic acid groups (broad SMARTS) is 1. The van der Waals surface area contributed by atoms with Crippen molar-refractivity contribution >= 4 is 41.4 Å². The first kappa shape index (κ1) is 27.7. The molecular weight excluding hydrogens is 414 g/mol. The van der Waals surface area contributed by atoms with Crippen molar-refractivity contribution in [3.05, 3.63) is 0 Å². The summed E-state index contributed by atoms with van der Waals surface area (Å²) in [6.07, 6.45) is 1.82. The van der Waals surface area contributed by atoms with Gasteiger partial charge < -0.3 is 32.5 Å². The predicted octanol–water partition coefficient (Wildman–Crippen LogP) is -1.45. The van der Waals surface area contributed by atoms with Crippen LogP contribution in [0.1, 0.15) is 40.0 Å². The van der Waals surface area contributed by atoms with Gasteiger partial charge in [0.2, 0.25) is 23.6 Å². The molecule has 11 nitrogen and oxygen atoms in total. The molecule has 4 unspecified atom stereocenters. The lowest BCUT2D eigenvalue weighted by Gasteiger charge is -2.25. The van der Waals surface area contributed by atoms with Crippen LogP contribution in [0.4, 0.5) is 0 Å². The Balaban J connectivity index is 5.43. The molecule has 12 heteroatoms. The summed E-state index contributed by atoms with van der Waals surface area (Å²) in [6.45, 7) is 4.72. The summed E-state index contributed by atoms with van der Waals surface area (Å²) < 4.78 is 0. The third-order valence-electron chi connectivity index (χ3n) is 4.20. The van der Waals surface area contributed by atoms with Gasteiger partial charge in [0.25, 0.3) is 0 Å². The summed E-state index contributed by atoms with van der Waals surface area (Å²) in [6, 6.07) is -4.14. The Bertz CT molecular complexity index is 628. The smallest absolute Gasteiger partial charge is 0.326 e. The highest BCUT2D eigenvalue weighted by Gasteiger charge is 2.31. The van der Waals surface area contributed by atoms with Crippen LogP contribution in [-0.4, -0.2) is 70.9 Å². The van der Waals surface area contributed by atoms with E-state index in [-0.39, 0.29) is 12.8 Å². The van der Waals surface area contributed by atoms with Gasteiger partial charge in [-0.05, 0) is 37.7 Å². The van der Waals surface area contributed by atoms with Crippen molar-refractivity contribution in [1.82, 2.24) is 16.0 Å². The number of aliphatic carboxylic acids is 1. The lowest BCUT2D eigenvalue weighted by atomic mass is 10.0.